The highest BCUT2D eigenvalue weighted by molar-refractivity contribution is 6.06. The van der Waals surface area contributed by atoms with Crippen LogP contribution in [0.25, 0.3) is 44.7 Å². The van der Waals surface area contributed by atoms with Gasteiger partial charge in [0.15, 0.2) is 11.5 Å². The Morgan fingerprint density at radius 1 is 1.05 bits per heavy atom. The molecule has 2 aliphatic rings. The van der Waals surface area contributed by atoms with Gasteiger partial charge in [0, 0.05) is 42.5 Å². The van der Waals surface area contributed by atoms with Crippen LogP contribution in [0.5, 0.6) is 0 Å². The number of hydrogen-bond acceptors (Lipinski definition) is 9. The Hall–Kier alpha value is -4.88. The Balaban J connectivity index is 1.20. The molecule has 0 saturated carbocycles. The average Bonchev–Trinajstić information content (AvgIpc) is 3.61. The maximum absolute atomic E-state index is 13.3. The molecular formula is C30H32N10O3. The molecule has 4 aromatic heterocycles. The Kier molecular flexibility index (Phi) is 6.95. The third kappa shape index (κ3) is 5.06. The summed E-state index contributed by atoms with van der Waals surface area (Å²) in [6.07, 6.45) is 6.78. The predicted molar refractivity (Wildman–Crippen MR) is 162 cm³/mol. The summed E-state index contributed by atoms with van der Waals surface area (Å²) < 4.78 is 6.87. The van der Waals surface area contributed by atoms with E-state index in [1.165, 1.54) is 4.68 Å². The number of amides is 2. The summed E-state index contributed by atoms with van der Waals surface area (Å²) in [4.78, 5) is 44.0. The molecule has 5 aromatic rings. The number of aromatic nitrogens is 6. The number of rotatable bonds is 5. The summed E-state index contributed by atoms with van der Waals surface area (Å²) in [5, 5.41) is 11.2. The Morgan fingerprint density at radius 2 is 1.84 bits per heavy atom. The van der Waals surface area contributed by atoms with E-state index in [2.05, 4.69) is 37.4 Å². The van der Waals surface area contributed by atoms with Crippen molar-refractivity contribution in [3.8, 4) is 22.6 Å². The molecule has 0 unspecified atom stereocenters. The fourth-order valence-corrected chi connectivity index (χ4v) is 5.81. The topological polar surface area (TPSA) is 160 Å². The van der Waals surface area contributed by atoms with E-state index in [0.29, 0.717) is 71.1 Å². The van der Waals surface area contributed by atoms with Crippen molar-refractivity contribution in [1.82, 2.24) is 39.6 Å². The molecule has 0 aliphatic carbocycles. The Bertz CT molecular complexity index is 1830. The van der Waals surface area contributed by atoms with Gasteiger partial charge in [-0.2, -0.15) is 5.10 Å². The molecule has 0 radical (unpaired) electrons. The zero-order chi connectivity index (χ0) is 29.5. The zero-order valence-corrected chi connectivity index (χ0v) is 23.8. The first-order chi connectivity index (χ1) is 21.0. The van der Waals surface area contributed by atoms with Crippen molar-refractivity contribution in [3.63, 3.8) is 0 Å². The van der Waals surface area contributed by atoms with E-state index in [4.69, 9.17) is 15.6 Å². The fraction of sp³-hybridized carbons (Fsp3) is 0.333. The number of likely N-dealkylation sites (tertiary alicyclic amines) is 1. The normalized spacial score (nSPS) is 16.6. The number of nitrogens with zero attached hydrogens (tertiary/aromatic N) is 7. The van der Waals surface area contributed by atoms with Gasteiger partial charge in [-0.3, -0.25) is 19.7 Å². The number of para-hydroxylation sites is 1. The van der Waals surface area contributed by atoms with Gasteiger partial charge in [0.1, 0.15) is 11.2 Å². The van der Waals surface area contributed by atoms with E-state index in [9.17, 15) is 9.59 Å². The molecule has 6 heterocycles. The number of carbonyl (C=O) groups excluding carboxylic acids is 2. The number of benzene rings is 1. The number of pyridine rings is 2. The monoisotopic (exact) mass is 580 g/mol. The number of imidazole rings is 1. The van der Waals surface area contributed by atoms with Crippen molar-refractivity contribution in [2.75, 3.05) is 57.6 Å². The number of fused-ring (bicyclic) bond motifs is 2. The number of piperidine rings is 1. The van der Waals surface area contributed by atoms with E-state index in [1.807, 2.05) is 18.2 Å². The van der Waals surface area contributed by atoms with E-state index < -0.39 is 0 Å². The van der Waals surface area contributed by atoms with Gasteiger partial charge in [-0.05, 0) is 57.2 Å². The number of ether oxygens (including phenoxy) is 1. The Labute approximate surface area is 247 Å². The van der Waals surface area contributed by atoms with Crippen LogP contribution in [0.3, 0.4) is 0 Å². The molecule has 2 saturated heterocycles. The van der Waals surface area contributed by atoms with Gasteiger partial charge in [-0.1, -0.05) is 6.07 Å². The molecule has 4 N–H and O–H groups in total. The number of nitrogens with one attached hydrogen (secondary N) is 2. The molecule has 0 atom stereocenters. The van der Waals surface area contributed by atoms with Crippen LogP contribution in [0.1, 0.15) is 23.2 Å². The van der Waals surface area contributed by atoms with Crippen LogP contribution in [0.15, 0.2) is 48.9 Å². The molecule has 2 fully saturated rings. The minimum absolute atomic E-state index is 0.00782. The molecule has 2 amide bonds. The Morgan fingerprint density at radius 3 is 2.65 bits per heavy atom. The lowest BCUT2D eigenvalue weighted by Crippen LogP contribution is -2.40. The van der Waals surface area contributed by atoms with Gasteiger partial charge >= 0.3 is 0 Å². The molecule has 7 rings (SSSR count). The van der Waals surface area contributed by atoms with Gasteiger partial charge in [0.2, 0.25) is 5.91 Å². The number of anilines is 1. The molecule has 2 aliphatic heterocycles. The molecule has 43 heavy (non-hydrogen) atoms. The minimum atomic E-state index is -0.104. The number of nitrogens with two attached hydrogens (primary N) is 1. The number of carbonyl (C=O) groups is 2. The standard InChI is InChI=1S/C30H32N10O3/c1-38-7-5-18(6-8-38)29(41)34-21-13-19(15-32-17-21)20-14-23-26(36-37-27(23)33-16-20)28-35-25-22(3-2-4-24(25)40(28)31)30(42)39-9-11-43-12-10-39/h2-4,13-18H,5-12,31H2,1H3,(H,34,41)(H,33,36,37). The lowest BCUT2D eigenvalue weighted by atomic mass is 9.96. The third-order valence-electron chi connectivity index (χ3n) is 8.31. The van der Waals surface area contributed by atoms with Crippen LogP contribution in [0, 0.1) is 5.92 Å². The van der Waals surface area contributed by atoms with Crippen molar-refractivity contribution < 1.29 is 14.3 Å². The summed E-state index contributed by atoms with van der Waals surface area (Å²) in [6.45, 7) is 3.91. The SMILES string of the molecule is CN1CCC(C(=O)Nc2cncc(-c3cnc4n[nH]c(-c5nc6c(C(=O)N7CCOCC7)cccc6n5N)c4c3)c2)CC1. The smallest absolute Gasteiger partial charge is 0.256 e. The molecular weight excluding hydrogens is 548 g/mol. The second-order valence-corrected chi connectivity index (χ2v) is 11.1. The highest BCUT2D eigenvalue weighted by atomic mass is 16.5. The summed E-state index contributed by atoms with van der Waals surface area (Å²) in [5.74, 6) is 6.88. The first-order valence-electron chi connectivity index (χ1n) is 14.4. The van der Waals surface area contributed by atoms with Crippen molar-refractivity contribution in [2.45, 2.75) is 12.8 Å². The van der Waals surface area contributed by atoms with Gasteiger partial charge in [0.25, 0.3) is 5.91 Å². The van der Waals surface area contributed by atoms with Crippen LogP contribution in [0.2, 0.25) is 0 Å². The van der Waals surface area contributed by atoms with Crippen LogP contribution in [0.4, 0.5) is 5.69 Å². The van der Waals surface area contributed by atoms with Gasteiger partial charge in [-0.25, -0.2) is 14.6 Å². The number of hydrogen-bond donors (Lipinski definition) is 3. The third-order valence-corrected chi connectivity index (χ3v) is 8.31. The second kappa shape index (κ2) is 11.1. The lowest BCUT2D eigenvalue weighted by Gasteiger charge is -2.28. The van der Waals surface area contributed by atoms with Crippen molar-refractivity contribution in [3.05, 3.63) is 54.5 Å². The predicted octanol–water partition coefficient (Wildman–Crippen LogP) is 2.50. The van der Waals surface area contributed by atoms with E-state index in [1.54, 1.807) is 35.6 Å². The summed E-state index contributed by atoms with van der Waals surface area (Å²) in [7, 11) is 2.08. The zero-order valence-electron chi connectivity index (χ0n) is 23.8. The first-order valence-corrected chi connectivity index (χ1v) is 14.4. The molecule has 220 valence electrons. The average molecular weight is 581 g/mol. The van der Waals surface area contributed by atoms with Crippen LogP contribution >= 0.6 is 0 Å². The van der Waals surface area contributed by atoms with Crippen LogP contribution in [-0.4, -0.2) is 97.9 Å². The van der Waals surface area contributed by atoms with Crippen LogP contribution in [-0.2, 0) is 9.53 Å². The van der Waals surface area contributed by atoms with Gasteiger partial charge < -0.3 is 25.7 Å². The molecule has 0 bridgehead atoms. The van der Waals surface area contributed by atoms with Crippen LogP contribution < -0.4 is 11.2 Å². The maximum atomic E-state index is 13.3. The van der Waals surface area contributed by atoms with Crippen molar-refractivity contribution >= 4 is 39.6 Å². The number of aromatic amines is 1. The number of morpholine rings is 1. The minimum Gasteiger partial charge on any atom is -0.378 e. The molecule has 13 heteroatoms. The molecule has 1 aromatic carbocycles. The van der Waals surface area contributed by atoms with Crippen molar-refractivity contribution in [1.29, 1.82) is 0 Å². The van der Waals surface area contributed by atoms with E-state index >= 15 is 0 Å². The lowest BCUT2D eigenvalue weighted by molar-refractivity contribution is -0.121. The maximum Gasteiger partial charge on any atom is 0.256 e. The summed E-state index contributed by atoms with van der Waals surface area (Å²) in [5.41, 5.74) is 4.91. The fourth-order valence-electron chi connectivity index (χ4n) is 5.81. The summed E-state index contributed by atoms with van der Waals surface area (Å²) >= 11 is 0. The van der Waals surface area contributed by atoms with Gasteiger partial charge in [-0.15, -0.1) is 0 Å². The number of H-pyrrole nitrogens is 1. The largest absolute Gasteiger partial charge is 0.378 e. The second-order valence-electron chi connectivity index (χ2n) is 11.1. The quantitative estimate of drug-likeness (QED) is 0.265. The molecule has 0 spiro atoms. The van der Waals surface area contributed by atoms with E-state index in [-0.39, 0.29) is 17.7 Å². The molecule has 13 nitrogen and oxygen atoms in total. The van der Waals surface area contributed by atoms with Crippen molar-refractivity contribution in [2.24, 2.45) is 5.92 Å². The highest BCUT2D eigenvalue weighted by Crippen LogP contribution is 2.32. The van der Waals surface area contributed by atoms with Gasteiger partial charge in [0.05, 0.1) is 41.6 Å². The van der Waals surface area contributed by atoms with E-state index in [0.717, 1.165) is 37.1 Å². The summed E-state index contributed by atoms with van der Waals surface area (Å²) in [6, 6.07) is 9.25. The first kappa shape index (κ1) is 27.0. The highest BCUT2D eigenvalue weighted by Gasteiger charge is 2.25. The number of nitrogen functional groups attached to an aromatic ring is 1.